The number of hydrogen-bond acceptors (Lipinski definition) is 7. The van der Waals surface area contributed by atoms with Crippen molar-refractivity contribution < 1.29 is 23.7 Å². The zero-order valence-electron chi connectivity index (χ0n) is 16.8. The SMILES string of the molecule is B[C@@H]1O[C@H](COC)C(OC)[C@@H]1OCC(=O)N1CCN(CCN(C)C)CC1. The monoisotopic (exact) mass is 371 g/mol. The fourth-order valence-electron chi connectivity index (χ4n) is 3.54. The minimum Gasteiger partial charge on any atom is -0.382 e. The van der Waals surface area contributed by atoms with E-state index in [-0.39, 0.29) is 36.8 Å². The Labute approximate surface area is 158 Å². The lowest BCUT2D eigenvalue weighted by atomic mass is 9.93. The van der Waals surface area contributed by atoms with Crippen LogP contribution < -0.4 is 0 Å². The van der Waals surface area contributed by atoms with Gasteiger partial charge in [-0.15, -0.1) is 0 Å². The molecule has 0 N–H and O–H groups in total. The molecule has 0 aromatic rings. The highest BCUT2D eigenvalue weighted by Crippen LogP contribution is 2.25. The van der Waals surface area contributed by atoms with Crippen molar-refractivity contribution in [3.05, 3.63) is 0 Å². The third-order valence-electron chi connectivity index (χ3n) is 5.13. The van der Waals surface area contributed by atoms with E-state index in [1.807, 2.05) is 12.7 Å². The Hall–Kier alpha value is -0.705. The second kappa shape index (κ2) is 10.6. The molecule has 0 radical (unpaired) electrons. The van der Waals surface area contributed by atoms with Crippen molar-refractivity contribution in [3.8, 4) is 0 Å². The zero-order valence-corrected chi connectivity index (χ0v) is 16.8. The smallest absolute Gasteiger partial charge is 0.248 e. The number of hydrogen-bond donors (Lipinski definition) is 0. The van der Waals surface area contributed by atoms with E-state index in [0.717, 1.165) is 39.3 Å². The maximum atomic E-state index is 12.5. The first-order valence-corrected chi connectivity index (χ1v) is 9.40. The molecule has 0 saturated carbocycles. The van der Waals surface area contributed by atoms with Crippen LogP contribution in [0.2, 0.25) is 0 Å². The summed E-state index contributed by atoms with van der Waals surface area (Å²) in [6, 6.07) is -0.129. The molecule has 0 spiro atoms. The van der Waals surface area contributed by atoms with Crippen LogP contribution in [-0.2, 0) is 23.7 Å². The summed E-state index contributed by atoms with van der Waals surface area (Å²) in [5.41, 5.74) is 0. The van der Waals surface area contributed by atoms with Crippen LogP contribution in [0.4, 0.5) is 0 Å². The average molecular weight is 371 g/mol. The predicted molar refractivity (Wildman–Crippen MR) is 101 cm³/mol. The maximum absolute atomic E-state index is 12.5. The molecule has 2 aliphatic heterocycles. The highest BCUT2D eigenvalue weighted by atomic mass is 16.6. The molecule has 2 saturated heterocycles. The average Bonchev–Trinajstić information content (AvgIpc) is 2.93. The summed E-state index contributed by atoms with van der Waals surface area (Å²) in [6.07, 6.45) is -0.647. The van der Waals surface area contributed by atoms with Gasteiger partial charge in [0, 0.05) is 53.5 Å². The number of carbonyl (C=O) groups is 1. The standard InChI is InChI=1S/C17H34BN3O5/c1-19(2)5-6-20-7-9-21(10-8-20)14(22)12-25-16-15(24-4)13(11-23-3)26-17(16)18/h13,15-17H,5-12,18H2,1-4H3/t13-,15?,16+,17-/m1/s1. The number of rotatable bonds is 9. The lowest BCUT2D eigenvalue weighted by Gasteiger charge is -2.35. The van der Waals surface area contributed by atoms with Gasteiger partial charge >= 0.3 is 0 Å². The molecule has 0 aromatic heterocycles. The number of nitrogens with zero attached hydrogens (tertiary/aromatic N) is 3. The summed E-state index contributed by atoms with van der Waals surface area (Å²) in [5, 5.41) is 0. The highest BCUT2D eigenvalue weighted by Gasteiger charge is 2.43. The van der Waals surface area contributed by atoms with Crippen LogP contribution in [0.15, 0.2) is 0 Å². The van der Waals surface area contributed by atoms with E-state index in [1.54, 1.807) is 14.2 Å². The lowest BCUT2D eigenvalue weighted by Crippen LogP contribution is -2.51. The van der Waals surface area contributed by atoms with Crippen molar-refractivity contribution in [2.24, 2.45) is 0 Å². The summed E-state index contributed by atoms with van der Waals surface area (Å²) in [6.45, 7) is 5.94. The van der Waals surface area contributed by atoms with E-state index in [2.05, 4.69) is 23.9 Å². The molecule has 0 aliphatic carbocycles. The fourth-order valence-corrected chi connectivity index (χ4v) is 3.54. The number of ether oxygens (including phenoxy) is 4. The van der Waals surface area contributed by atoms with Gasteiger partial charge < -0.3 is 28.7 Å². The molecule has 2 aliphatic rings. The van der Waals surface area contributed by atoms with E-state index in [1.165, 1.54) is 0 Å². The van der Waals surface area contributed by atoms with Crippen molar-refractivity contribution in [1.29, 1.82) is 0 Å². The van der Waals surface area contributed by atoms with Crippen LogP contribution >= 0.6 is 0 Å². The van der Waals surface area contributed by atoms with Gasteiger partial charge in [0.05, 0.1) is 12.6 Å². The van der Waals surface area contributed by atoms with Crippen LogP contribution in [0.1, 0.15) is 0 Å². The maximum Gasteiger partial charge on any atom is 0.248 e. The van der Waals surface area contributed by atoms with Gasteiger partial charge in [0.25, 0.3) is 0 Å². The van der Waals surface area contributed by atoms with Crippen molar-refractivity contribution in [3.63, 3.8) is 0 Å². The number of methoxy groups -OCH3 is 2. The molecule has 2 fully saturated rings. The molecule has 9 heteroatoms. The van der Waals surface area contributed by atoms with E-state index in [4.69, 9.17) is 18.9 Å². The number of piperazine rings is 1. The van der Waals surface area contributed by atoms with Gasteiger partial charge in [-0.1, -0.05) is 0 Å². The fraction of sp³-hybridized carbons (Fsp3) is 0.941. The predicted octanol–water partition coefficient (Wildman–Crippen LogP) is -1.90. The van der Waals surface area contributed by atoms with E-state index in [9.17, 15) is 4.79 Å². The first-order valence-electron chi connectivity index (χ1n) is 9.40. The van der Waals surface area contributed by atoms with Gasteiger partial charge in [0.2, 0.25) is 5.91 Å². The minimum absolute atomic E-state index is 0.0366. The van der Waals surface area contributed by atoms with Crippen LogP contribution in [0.3, 0.4) is 0 Å². The quantitative estimate of drug-likeness (QED) is 0.439. The van der Waals surface area contributed by atoms with Crippen LogP contribution in [0, 0.1) is 0 Å². The van der Waals surface area contributed by atoms with E-state index in [0.29, 0.717) is 6.61 Å². The van der Waals surface area contributed by atoms with Gasteiger partial charge in [-0.25, -0.2) is 0 Å². The Morgan fingerprint density at radius 2 is 1.88 bits per heavy atom. The van der Waals surface area contributed by atoms with Gasteiger partial charge in [0.15, 0.2) is 0 Å². The van der Waals surface area contributed by atoms with Gasteiger partial charge in [-0.2, -0.15) is 0 Å². The summed E-state index contributed by atoms with van der Waals surface area (Å²) in [7, 11) is 9.38. The molecule has 1 unspecified atom stereocenters. The first kappa shape index (κ1) is 21.6. The van der Waals surface area contributed by atoms with Gasteiger partial charge in [-0.3, -0.25) is 9.69 Å². The molecule has 26 heavy (non-hydrogen) atoms. The van der Waals surface area contributed by atoms with Crippen LogP contribution in [-0.4, -0.2) is 134 Å². The normalized spacial score (nSPS) is 30.3. The number of carbonyl (C=O) groups excluding carboxylic acids is 1. The molecular weight excluding hydrogens is 337 g/mol. The second-order valence-electron chi connectivity index (χ2n) is 7.34. The highest BCUT2D eigenvalue weighted by molar-refractivity contribution is 6.11. The zero-order chi connectivity index (χ0) is 19.1. The molecule has 150 valence electrons. The van der Waals surface area contributed by atoms with E-state index >= 15 is 0 Å². The van der Waals surface area contributed by atoms with Gasteiger partial charge in [-0.05, 0) is 14.1 Å². The van der Waals surface area contributed by atoms with Crippen molar-refractivity contribution in [1.82, 2.24) is 14.7 Å². The minimum atomic E-state index is -0.259. The third kappa shape index (κ3) is 5.90. The molecule has 0 bridgehead atoms. The molecule has 0 aromatic carbocycles. The molecular formula is C17H34BN3O5. The van der Waals surface area contributed by atoms with Crippen molar-refractivity contribution >= 4 is 13.8 Å². The Morgan fingerprint density at radius 1 is 1.19 bits per heavy atom. The van der Waals surface area contributed by atoms with Crippen molar-refractivity contribution in [2.75, 3.05) is 80.8 Å². The first-order chi connectivity index (χ1) is 12.5. The Balaban J connectivity index is 1.75. The molecule has 1 amide bonds. The third-order valence-corrected chi connectivity index (χ3v) is 5.13. The Morgan fingerprint density at radius 3 is 2.46 bits per heavy atom. The van der Waals surface area contributed by atoms with Gasteiger partial charge in [0.1, 0.15) is 32.8 Å². The molecule has 2 rings (SSSR count). The summed E-state index contributed by atoms with van der Waals surface area (Å²) < 4.78 is 22.5. The summed E-state index contributed by atoms with van der Waals surface area (Å²) in [5.74, 6) is 0.0366. The van der Waals surface area contributed by atoms with E-state index < -0.39 is 0 Å². The molecule has 2 heterocycles. The van der Waals surface area contributed by atoms with Crippen molar-refractivity contribution in [2.45, 2.75) is 24.3 Å². The van der Waals surface area contributed by atoms with Crippen LogP contribution in [0.5, 0.6) is 0 Å². The number of amides is 1. The molecule has 4 atom stereocenters. The second-order valence-corrected chi connectivity index (χ2v) is 7.34. The molecule has 8 nitrogen and oxygen atoms in total. The van der Waals surface area contributed by atoms with Crippen LogP contribution in [0.25, 0.3) is 0 Å². The Bertz CT molecular complexity index is 435. The topological polar surface area (TPSA) is 63.7 Å². The largest absolute Gasteiger partial charge is 0.382 e. The lowest BCUT2D eigenvalue weighted by molar-refractivity contribution is -0.142. The number of likely N-dealkylation sites (N-methyl/N-ethyl adjacent to an activating group) is 1. The Kier molecular flexibility index (Phi) is 8.79. The summed E-state index contributed by atoms with van der Waals surface area (Å²) in [4.78, 5) is 19.0. The summed E-state index contributed by atoms with van der Waals surface area (Å²) >= 11 is 0.